The molecule has 0 radical (unpaired) electrons. The smallest absolute Gasteiger partial charge is 0.232 e. The van der Waals surface area contributed by atoms with E-state index >= 15 is 0 Å². The number of amides is 1. The zero-order valence-electron chi connectivity index (χ0n) is 33.8. The van der Waals surface area contributed by atoms with E-state index in [9.17, 15) is 4.79 Å². The minimum absolute atomic E-state index is 0.143. The maximum Gasteiger partial charge on any atom is 0.232 e. The highest BCUT2D eigenvalue weighted by atomic mass is 16.5. The number of likely N-dealkylation sites (tertiary alicyclic amines) is 2. The first-order chi connectivity index (χ1) is 27.5. The van der Waals surface area contributed by atoms with Crippen LogP contribution < -0.4 is 19.9 Å². The third-order valence-electron chi connectivity index (χ3n) is 12.2. The van der Waals surface area contributed by atoms with Crippen molar-refractivity contribution in [3.8, 4) is 17.2 Å². The third-order valence-corrected chi connectivity index (χ3v) is 12.2. The van der Waals surface area contributed by atoms with Gasteiger partial charge in [0.05, 0.1) is 26.4 Å². The van der Waals surface area contributed by atoms with Gasteiger partial charge < -0.3 is 29.7 Å². The predicted octanol–water partition coefficient (Wildman–Crippen LogP) is 8.18. The maximum absolute atomic E-state index is 13.5. The number of rotatable bonds is 22. The Labute approximate surface area is 335 Å². The molecule has 1 amide bonds. The van der Waals surface area contributed by atoms with Crippen LogP contribution in [-0.2, 0) is 16.8 Å². The molecular weight excluding hydrogens is 697 g/mol. The molecule has 2 aliphatic rings. The monoisotopic (exact) mass is 760 g/mol. The van der Waals surface area contributed by atoms with E-state index in [1.165, 1.54) is 44.9 Å². The van der Waals surface area contributed by atoms with Crippen LogP contribution in [0.4, 0.5) is 0 Å². The number of nitrogens with zero attached hydrogens (tertiary/aromatic N) is 3. The average molecular weight is 761 g/mol. The topological polar surface area (TPSA) is 80.5 Å². The van der Waals surface area contributed by atoms with Gasteiger partial charge in [0, 0.05) is 25.7 Å². The Morgan fingerprint density at radius 2 is 1.23 bits per heavy atom. The van der Waals surface area contributed by atoms with Crippen molar-refractivity contribution in [1.29, 1.82) is 0 Å². The number of hydrogen-bond acceptors (Lipinski definition) is 7. The van der Waals surface area contributed by atoms with Crippen molar-refractivity contribution in [1.82, 2.24) is 14.7 Å². The largest absolute Gasteiger partial charge is 0.496 e. The van der Waals surface area contributed by atoms with E-state index in [1.807, 2.05) is 84.9 Å². The van der Waals surface area contributed by atoms with Crippen molar-refractivity contribution in [2.45, 2.75) is 75.8 Å². The Kier molecular flexibility index (Phi) is 15.7. The Morgan fingerprint density at radius 1 is 0.679 bits per heavy atom. The molecule has 0 bridgehead atoms. The molecule has 0 aromatic heterocycles. The van der Waals surface area contributed by atoms with Crippen LogP contribution >= 0.6 is 0 Å². The van der Waals surface area contributed by atoms with Gasteiger partial charge in [-0.25, -0.2) is 0 Å². The quantitative estimate of drug-likeness (QED) is 0.0810. The molecule has 8 heteroatoms. The van der Waals surface area contributed by atoms with Gasteiger partial charge >= 0.3 is 0 Å². The molecule has 0 aliphatic carbocycles. The molecule has 0 saturated carbocycles. The standard InChI is InChI=1S/C48H64N4O4/c1-54-45-25-17-26-46(55-2)44(45)38-51-34-28-42(29-35-51)52(32-18-36-56-43-23-13-8-14-24-43)31-16-5-3-4-15-30-50-33-27-41(37-50)48(47(49)53,39-19-9-6-10-20-39)40-21-11-7-12-22-40/h6-14,17,19-26,41-42H,3-5,15-16,18,27-38H2,1-2H3,(H2,49,53)/t41-/m1/s1. The number of carbonyl (C=O) groups excluding carboxylic acids is 1. The highest BCUT2D eigenvalue weighted by Crippen LogP contribution is 2.43. The van der Waals surface area contributed by atoms with Crippen LogP contribution in [0.25, 0.3) is 0 Å². The van der Waals surface area contributed by atoms with Gasteiger partial charge in [-0.2, -0.15) is 0 Å². The number of hydrogen-bond donors (Lipinski definition) is 1. The Balaban J connectivity index is 0.961. The summed E-state index contributed by atoms with van der Waals surface area (Å²) in [6.07, 6.45) is 10.5. The number of methoxy groups -OCH3 is 2. The summed E-state index contributed by atoms with van der Waals surface area (Å²) in [6.45, 7) is 8.88. The third kappa shape index (κ3) is 10.5. The number of benzene rings is 4. The number of unbranched alkanes of at least 4 members (excludes halogenated alkanes) is 4. The van der Waals surface area contributed by atoms with Gasteiger partial charge in [0.15, 0.2) is 0 Å². The van der Waals surface area contributed by atoms with Crippen LogP contribution in [0.15, 0.2) is 109 Å². The number of para-hydroxylation sites is 1. The van der Waals surface area contributed by atoms with E-state index in [-0.39, 0.29) is 11.8 Å². The van der Waals surface area contributed by atoms with Gasteiger partial charge in [-0.05, 0) is 113 Å². The molecular formula is C48H64N4O4. The lowest BCUT2D eigenvalue weighted by molar-refractivity contribution is -0.123. The summed E-state index contributed by atoms with van der Waals surface area (Å²) in [5.74, 6) is 2.63. The molecule has 4 aromatic carbocycles. The lowest BCUT2D eigenvalue weighted by atomic mass is 9.64. The molecule has 2 N–H and O–H groups in total. The number of ether oxygens (including phenoxy) is 3. The summed E-state index contributed by atoms with van der Waals surface area (Å²) in [5.41, 5.74) is 8.65. The van der Waals surface area contributed by atoms with Crippen LogP contribution in [0.2, 0.25) is 0 Å². The molecule has 2 saturated heterocycles. The normalized spacial score (nSPS) is 16.9. The van der Waals surface area contributed by atoms with Crippen molar-refractivity contribution >= 4 is 5.91 Å². The lowest BCUT2D eigenvalue weighted by Crippen LogP contribution is -2.49. The second-order valence-corrected chi connectivity index (χ2v) is 15.7. The molecule has 4 aromatic rings. The van der Waals surface area contributed by atoms with Crippen molar-refractivity contribution in [2.75, 3.05) is 66.6 Å². The molecule has 0 unspecified atom stereocenters. The van der Waals surface area contributed by atoms with Crippen molar-refractivity contribution < 1.29 is 19.0 Å². The SMILES string of the molecule is COc1cccc(OC)c1CN1CCC(N(CCCCCCCN2CC[C@@H](C(C(N)=O)(c3ccccc3)c3ccccc3)C2)CCCOc2ccccc2)CC1. The Morgan fingerprint density at radius 3 is 1.84 bits per heavy atom. The molecule has 8 nitrogen and oxygen atoms in total. The fourth-order valence-electron chi connectivity index (χ4n) is 9.30. The van der Waals surface area contributed by atoms with Gasteiger partial charge in [-0.1, -0.05) is 104 Å². The van der Waals surface area contributed by atoms with E-state index < -0.39 is 5.41 Å². The number of carbonyl (C=O) groups is 1. The van der Waals surface area contributed by atoms with Gasteiger partial charge in [0.1, 0.15) is 22.7 Å². The first kappa shape index (κ1) is 41.3. The summed E-state index contributed by atoms with van der Waals surface area (Å²) in [5, 5.41) is 0. The second kappa shape index (κ2) is 21.2. The van der Waals surface area contributed by atoms with E-state index in [4.69, 9.17) is 19.9 Å². The summed E-state index contributed by atoms with van der Waals surface area (Å²) in [6, 6.07) is 37.2. The first-order valence-corrected chi connectivity index (χ1v) is 21.0. The second-order valence-electron chi connectivity index (χ2n) is 15.7. The van der Waals surface area contributed by atoms with E-state index in [2.05, 4.69) is 39.0 Å². The van der Waals surface area contributed by atoms with E-state index in [0.29, 0.717) is 6.04 Å². The molecule has 56 heavy (non-hydrogen) atoms. The minimum Gasteiger partial charge on any atom is -0.496 e. The van der Waals surface area contributed by atoms with E-state index in [1.54, 1.807) is 14.2 Å². The minimum atomic E-state index is -0.823. The Hall–Kier alpha value is -4.37. The molecule has 2 fully saturated rings. The van der Waals surface area contributed by atoms with Crippen molar-refractivity contribution in [3.63, 3.8) is 0 Å². The summed E-state index contributed by atoms with van der Waals surface area (Å²) in [4.78, 5) is 21.3. The summed E-state index contributed by atoms with van der Waals surface area (Å²) >= 11 is 0. The molecule has 0 spiro atoms. The van der Waals surface area contributed by atoms with Crippen molar-refractivity contribution in [3.05, 3.63) is 126 Å². The fourth-order valence-corrected chi connectivity index (χ4v) is 9.30. The fraction of sp³-hybridized carbons (Fsp3) is 0.479. The van der Waals surface area contributed by atoms with Crippen LogP contribution in [0, 0.1) is 5.92 Å². The Bertz CT molecular complexity index is 1670. The van der Waals surface area contributed by atoms with Gasteiger partial charge in [0.2, 0.25) is 5.91 Å². The lowest BCUT2D eigenvalue weighted by Gasteiger charge is -2.39. The van der Waals surface area contributed by atoms with Gasteiger partial charge in [-0.15, -0.1) is 0 Å². The number of piperidine rings is 1. The molecule has 6 rings (SSSR count). The number of primary amides is 1. The molecule has 2 heterocycles. The van der Waals surface area contributed by atoms with Crippen LogP contribution in [0.1, 0.15) is 74.5 Å². The number of nitrogens with two attached hydrogens (primary N) is 1. The zero-order valence-corrected chi connectivity index (χ0v) is 33.8. The highest BCUT2D eigenvalue weighted by Gasteiger charge is 2.49. The van der Waals surface area contributed by atoms with Crippen LogP contribution in [0.5, 0.6) is 17.2 Å². The molecule has 300 valence electrons. The van der Waals surface area contributed by atoms with Crippen molar-refractivity contribution in [2.24, 2.45) is 11.7 Å². The average Bonchev–Trinajstić information content (AvgIpc) is 3.71. The molecule has 2 aliphatic heterocycles. The summed E-state index contributed by atoms with van der Waals surface area (Å²) in [7, 11) is 3.48. The van der Waals surface area contributed by atoms with E-state index in [0.717, 1.165) is 106 Å². The first-order valence-electron chi connectivity index (χ1n) is 21.0. The molecule has 1 atom stereocenters. The maximum atomic E-state index is 13.5. The van der Waals surface area contributed by atoms with Gasteiger partial charge in [0.25, 0.3) is 0 Å². The summed E-state index contributed by atoms with van der Waals surface area (Å²) < 4.78 is 17.5. The van der Waals surface area contributed by atoms with Gasteiger partial charge in [-0.3, -0.25) is 9.69 Å². The predicted molar refractivity (Wildman–Crippen MR) is 226 cm³/mol. The zero-order chi connectivity index (χ0) is 39.0. The van der Waals surface area contributed by atoms with Crippen LogP contribution in [0.3, 0.4) is 0 Å². The van der Waals surface area contributed by atoms with Crippen LogP contribution in [-0.4, -0.2) is 93.3 Å². The highest BCUT2D eigenvalue weighted by molar-refractivity contribution is 5.91.